The number of H-pyrrole nitrogens is 1. The van der Waals surface area contributed by atoms with Gasteiger partial charge in [0.15, 0.2) is 5.65 Å². The van der Waals surface area contributed by atoms with Gasteiger partial charge in [-0.3, -0.25) is 4.79 Å². The van der Waals surface area contributed by atoms with Gasteiger partial charge in [-0.25, -0.2) is 18.5 Å². The molecule has 3 N–H and O–H groups in total. The molecule has 1 atom stereocenters. The number of amides is 1. The van der Waals surface area contributed by atoms with Crippen LogP contribution in [-0.4, -0.2) is 37.9 Å². The van der Waals surface area contributed by atoms with Gasteiger partial charge in [-0.1, -0.05) is 19.1 Å². The van der Waals surface area contributed by atoms with Crippen molar-refractivity contribution in [3.63, 3.8) is 0 Å². The zero-order chi connectivity index (χ0) is 20.6. The van der Waals surface area contributed by atoms with E-state index in [-0.39, 0.29) is 11.8 Å². The lowest BCUT2D eigenvalue weighted by Crippen LogP contribution is -2.14. The summed E-state index contributed by atoms with van der Waals surface area (Å²) < 4.78 is 17.4. The maximum atomic E-state index is 13.2. The Labute approximate surface area is 169 Å². The number of aromatic nitrogens is 3. The Bertz CT molecular complexity index is 1200. The van der Waals surface area contributed by atoms with Crippen molar-refractivity contribution in [1.29, 1.82) is 0 Å². The van der Waals surface area contributed by atoms with Crippen LogP contribution in [0.3, 0.4) is 0 Å². The first-order valence-corrected chi connectivity index (χ1v) is 11.3. The number of aryl methyl sites for hydroxylation is 1. The Balaban J connectivity index is 1.78. The molecule has 9 heteroatoms. The maximum Gasteiger partial charge on any atom is 0.228 e. The fourth-order valence-electron chi connectivity index (χ4n) is 3.22. The van der Waals surface area contributed by atoms with Gasteiger partial charge < -0.3 is 15.6 Å². The van der Waals surface area contributed by atoms with E-state index in [4.69, 9.17) is 0 Å². The molecule has 1 aromatic carbocycles. The van der Waals surface area contributed by atoms with E-state index < -0.39 is 9.73 Å². The Morgan fingerprint density at radius 2 is 2.03 bits per heavy atom. The first-order chi connectivity index (χ1) is 13.9. The summed E-state index contributed by atoms with van der Waals surface area (Å²) in [6.07, 6.45) is 1.83. The van der Waals surface area contributed by atoms with Crippen LogP contribution >= 0.6 is 0 Å². The molecular formula is C20H24N6O2S. The molecule has 8 nitrogen and oxygen atoms in total. The van der Waals surface area contributed by atoms with E-state index in [1.807, 2.05) is 38.1 Å². The van der Waals surface area contributed by atoms with Crippen LogP contribution in [-0.2, 0) is 14.5 Å². The topological polar surface area (TPSA) is 112 Å². The number of hydrogen-bond acceptors (Lipinski definition) is 6. The number of pyridine rings is 1. The van der Waals surface area contributed by atoms with Crippen molar-refractivity contribution in [2.24, 2.45) is 10.3 Å². The number of anilines is 3. The fraction of sp³-hybridized carbons (Fsp3) is 0.350. The first kappa shape index (κ1) is 19.4. The molecule has 1 saturated carbocycles. The van der Waals surface area contributed by atoms with Crippen LogP contribution in [0.2, 0.25) is 0 Å². The summed E-state index contributed by atoms with van der Waals surface area (Å²) in [7, 11) is -0.943. The highest BCUT2D eigenvalue weighted by Gasteiger charge is 2.30. The van der Waals surface area contributed by atoms with Crippen molar-refractivity contribution in [3.8, 4) is 0 Å². The van der Waals surface area contributed by atoms with Crippen molar-refractivity contribution >= 4 is 44.0 Å². The molecule has 152 valence electrons. The SMILES string of the molecule is CCS(=O)(=NC)c1ccccc1Nc1cc(NC(=O)C2CC2)nc2nc(C)[nH]c12. The lowest BCUT2D eigenvalue weighted by Gasteiger charge is -2.15. The van der Waals surface area contributed by atoms with Crippen molar-refractivity contribution in [2.75, 3.05) is 23.4 Å². The third-order valence-corrected chi connectivity index (χ3v) is 7.38. The average Bonchev–Trinajstić information content (AvgIpc) is 3.50. The van der Waals surface area contributed by atoms with Crippen LogP contribution < -0.4 is 10.6 Å². The molecule has 1 aliphatic carbocycles. The Kier molecular flexibility index (Phi) is 4.99. The summed E-state index contributed by atoms with van der Waals surface area (Å²) in [6.45, 7) is 3.71. The molecule has 0 radical (unpaired) electrons. The van der Waals surface area contributed by atoms with Crippen LogP contribution in [0, 0.1) is 12.8 Å². The first-order valence-electron chi connectivity index (χ1n) is 9.60. The minimum Gasteiger partial charge on any atom is -0.353 e. The maximum absolute atomic E-state index is 13.2. The minimum atomic E-state index is -2.52. The van der Waals surface area contributed by atoms with Crippen molar-refractivity contribution in [3.05, 3.63) is 36.2 Å². The zero-order valence-corrected chi connectivity index (χ0v) is 17.5. The predicted octanol–water partition coefficient (Wildman–Crippen LogP) is 3.84. The molecule has 1 aliphatic rings. The number of carbonyl (C=O) groups excluding carboxylic acids is 1. The van der Waals surface area contributed by atoms with E-state index in [1.54, 1.807) is 13.1 Å². The van der Waals surface area contributed by atoms with E-state index in [0.29, 0.717) is 33.5 Å². The van der Waals surface area contributed by atoms with Gasteiger partial charge in [0.25, 0.3) is 0 Å². The largest absolute Gasteiger partial charge is 0.353 e. The van der Waals surface area contributed by atoms with Crippen molar-refractivity contribution in [2.45, 2.75) is 31.6 Å². The quantitative estimate of drug-likeness (QED) is 0.569. The van der Waals surface area contributed by atoms with Gasteiger partial charge in [0.05, 0.1) is 26.0 Å². The number of imidazole rings is 1. The molecule has 0 aliphatic heterocycles. The monoisotopic (exact) mass is 412 g/mol. The van der Waals surface area contributed by atoms with Gasteiger partial charge in [0, 0.05) is 24.8 Å². The predicted molar refractivity (Wildman–Crippen MR) is 115 cm³/mol. The Morgan fingerprint density at radius 1 is 1.28 bits per heavy atom. The van der Waals surface area contributed by atoms with Crippen LogP contribution in [0.4, 0.5) is 17.2 Å². The van der Waals surface area contributed by atoms with Crippen LogP contribution in [0.1, 0.15) is 25.6 Å². The summed E-state index contributed by atoms with van der Waals surface area (Å²) >= 11 is 0. The third kappa shape index (κ3) is 3.82. The molecule has 3 aromatic rings. The van der Waals surface area contributed by atoms with E-state index in [0.717, 1.165) is 24.2 Å². The van der Waals surface area contributed by atoms with Gasteiger partial charge in [0.1, 0.15) is 17.2 Å². The second-order valence-corrected chi connectivity index (χ2v) is 9.74. The molecule has 1 fully saturated rings. The number of hydrogen-bond donors (Lipinski definition) is 3. The lowest BCUT2D eigenvalue weighted by molar-refractivity contribution is -0.117. The molecule has 1 unspecified atom stereocenters. The van der Waals surface area contributed by atoms with Crippen molar-refractivity contribution < 1.29 is 9.00 Å². The highest BCUT2D eigenvalue weighted by atomic mass is 32.2. The molecule has 0 spiro atoms. The van der Waals surface area contributed by atoms with Crippen LogP contribution in [0.5, 0.6) is 0 Å². The molecule has 0 bridgehead atoms. The number of carbonyl (C=O) groups is 1. The van der Waals surface area contributed by atoms with Crippen LogP contribution in [0.25, 0.3) is 11.2 Å². The summed E-state index contributed by atoms with van der Waals surface area (Å²) in [5, 5.41) is 6.24. The van der Waals surface area contributed by atoms with Crippen molar-refractivity contribution in [1.82, 2.24) is 15.0 Å². The number of para-hydroxylation sites is 1. The molecule has 1 amide bonds. The summed E-state index contributed by atoms with van der Waals surface area (Å²) in [6, 6.07) is 9.20. The Morgan fingerprint density at radius 3 is 2.72 bits per heavy atom. The molecule has 0 saturated heterocycles. The molecule has 2 heterocycles. The zero-order valence-electron chi connectivity index (χ0n) is 16.7. The second-order valence-electron chi connectivity index (χ2n) is 7.07. The fourth-order valence-corrected chi connectivity index (χ4v) is 4.74. The van der Waals surface area contributed by atoms with E-state index in [9.17, 15) is 9.00 Å². The van der Waals surface area contributed by atoms with Gasteiger partial charge in [0.2, 0.25) is 5.91 Å². The summed E-state index contributed by atoms with van der Waals surface area (Å²) in [5.74, 6) is 1.63. The number of fused-ring (bicyclic) bond motifs is 1. The van der Waals surface area contributed by atoms with Crippen LogP contribution in [0.15, 0.2) is 39.6 Å². The second kappa shape index (κ2) is 7.47. The number of aromatic amines is 1. The number of benzene rings is 1. The standard InChI is InChI=1S/C20H24N6O2S/c1-4-29(28,21-3)16-8-6-5-7-14(16)24-15-11-17(26-20(27)13-9-10-13)25-19-18(15)22-12(2)23-19/h5-8,11,13H,4,9-10H2,1-3H3,(H3,22,23,24,25,26,27). The minimum absolute atomic E-state index is 0.0192. The number of nitrogens with zero attached hydrogens (tertiary/aromatic N) is 3. The molecule has 29 heavy (non-hydrogen) atoms. The lowest BCUT2D eigenvalue weighted by atomic mass is 10.2. The van der Waals surface area contributed by atoms with E-state index >= 15 is 0 Å². The van der Waals surface area contributed by atoms with E-state index in [1.165, 1.54) is 0 Å². The normalized spacial score (nSPS) is 15.7. The van der Waals surface area contributed by atoms with Gasteiger partial charge in [-0.2, -0.15) is 0 Å². The highest BCUT2D eigenvalue weighted by molar-refractivity contribution is 7.93. The molecule has 4 rings (SSSR count). The van der Waals surface area contributed by atoms with Gasteiger partial charge >= 0.3 is 0 Å². The Hall–Kier alpha value is -2.94. The van der Waals surface area contributed by atoms with Gasteiger partial charge in [-0.05, 0) is 31.9 Å². The summed E-state index contributed by atoms with van der Waals surface area (Å²) in [5.41, 5.74) is 2.62. The smallest absolute Gasteiger partial charge is 0.228 e. The highest BCUT2D eigenvalue weighted by Crippen LogP contribution is 2.33. The third-order valence-electron chi connectivity index (χ3n) is 4.97. The molecule has 2 aromatic heterocycles. The van der Waals surface area contributed by atoms with Gasteiger partial charge in [-0.15, -0.1) is 0 Å². The average molecular weight is 413 g/mol. The summed E-state index contributed by atoms with van der Waals surface area (Å²) in [4.78, 5) is 24.9. The number of nitrogens with one attached hydrogen (secondary N) is 3. The molecular weight excluding hydrogens is 388 g/mol. The number of rotatable bonds is 6. The van der Waals surface area contributed by atoms with E-state index in [2.05, 4.69) is 29.9 Å².